The molecule has 1 saturated heterocycles. The maximum absolute atomic E-state index is 12.4. The zero-order valence-electron chi connectivity index (χ0n) is 21.6. The summed E-state index contributed by atoms with van der Waals surface area (Å²) < 4.78 is 33.8. The van der Waals surface area contributed by atoms with E-state index in [0.29, 0.717) is 40.1 Å². The molecule has 206 valence electrons. The summed E-state index contributed by atoms with van der Waals surface area (Å²) in [6.45, 7) is 5.91. The van der Waals surface area contributed by atoms with Crippen molar-refractivity contribution in [2.75, 3.05) is 45.6 Å². The molecular weight excluding hydrogens is 579 g/mol. The highest BCUT2D eigenvalue weighted by Crippen LogP contribution is 2.33. The van der Waals surface area contributed by atoms with Crippen LogP contribution in [-0.2, 0) is 34.3 Å². The van der Waals surface area contributed by atoms with Crippen LogP contribution in [0.5, 0.6) is 0 Å². The topological polar surface area (TPSA) is 67.7 Å². The maximum Gasteiger partial charge on any atom is 0.211 e. The second-order valence-corrected chi connectivity index (χ2v) is 12.9. The molecule has 0 unspecified atom stereocenters. The fraction of sp³-hybridized carbons (Fsp3) is 0.393. The quantitative estimate of drug-likeness (QED) is 0.371. The van der Waals surface area contributed by atoms with Gasteiger partial charge < -0.3 is 4.74 Å². The van der Waals surface area contributed by atoms with Gasteiger partial charge in [-0.05, 0) is 36.8 Å². The van der Waals surface area contributed by atoms with E-state index in [2.05, 4.69) is 21.4 Å². The Morgan fingerprint density at radius 1 is 0.949 bits per heavy atom. The molecular formula is C28H29Cl3N4O3S. The second-order valence-electron chi connectivity index (χ2n) is 9.72. The van der Waals surface area contributed by atoms with Crippen LogP contribution in [-0.4, -0.2) is 73.1 Å². The molecule has 7 nitrogen and oxygen atoms in total. The third kappa shape index (κ3) is 6.80. The third-order valence-corrected chi connectivity index (χ3v) is 9.34. The first-order chi connectivity index (χ1) is 18.7. The Kier molecular flexibility index (Phi) is 8.89. The van der Waals surface area contributed by atoms with Crippen LogP contribution >= 0.6 is 34.8 Å². The van der Waals surface area contributed by atoms with Crippen molar-refractivity contribution in [3.63, 3.8) is 0 Å². The summed E-state index contributed by atoms with van der Waals surface area (Å²) in [6.07, 6.45) is 2.82. The van der Waals surface area contributed by atoms with Crippen molar-refractivity contribution in [3.05, 3.63) is 73.9 Å². The van der Waals surface area contributed by atoms with Gasteiger partial charge >= 0.3 is 0 Å². The predicted octanol–water partition coefficient (Wildman–Crippen LogP) is 4.95. The van der Waals surface area contributed by atoms with E-state index in [1.54, 1.807) is 24.3 Å². The molecule has 0 N–H and O–H groups in total. The number of rotatable bonds is 6. The molecule has 2 aliphatic rings. The van der Waals surface area contributed by atoms with E-state index in [-0.39, 0.29) is 0 Å². The zero-order chi connectivity index (χ0) is 27.6. The van der Waals surface area contributed by atoms with Crippen molar-refractivity contribution in [1.82, 2.24) is 19.0 Å². The number of hydrogen-bond acceptors (Lipinski definition) is 5. The summed E-state index contributed by atoms with van der Waals surface area (Å²) >= 11 is 18.7. The van der Waals surface area contributed by atoms with Crippen LogP contribution < -0.4 is 0 Å². The first-order valence-electron chi connectivity index (χ1n) is 12.8. The number of fused-ring (bicyclic) bond motifs is 1. The first kappa shape index (κ1) is 28.4. The summed E-state index contributed by atoms with van der Waals surface area (Å²) in [5.74, 6) is 6.23. The largest absolute Gasteiger partial charge is 0.379 e. The predicted molar refractivity (Wildman–Crippen MR) is 156 cm³/mol. The number of aryl methyl sites for hydroxylation is 1. The minimum absolute atomic E-state index is 0.292. The van der Waals surface area contributed by atoms with Crippen molar-refractivity contribution in [2.24, 2.45) is 0 Å². The Balaban J connectivity index is 1.46. The SMILES string of the molecule is CS(=O)(=O)N1CCc2c(c(-c3ccc(Cl)c(C#Cc4ccc(Cl)c(Cl)c4)c3)nn2CCCN2CCOCC2)C1. The van der Waals surface area contributed by atoms with Gasteiger partial charge in [-0.2, -0.15) is 9.40 Å². The Labute approximate surface area is 244 Å². The summed E-state index contributed by atoms with van der Waals surface area (Å²) in [5.41, 5.74) is 4.99. The van der Waals surface area contributed by atoms with Gasteiger partial charge in [0.1, 0.15) is 0 Å². The van der Waals surface area contributed by atoms with E-state index in [1.165, 1.54) is 10.6 Å². The molecule has 0 spiro atoms. The first-order valence-corrected chi connectivity index (χ1v) is 15.8. The number of morpholine rings is 1. The minimum atomic E-state index is -3.34. The molecule has 3 aromatic rings. The molecule has 11 heteroatoms. The lowest BCUT2D eigenvalue weighted by Gasteiger charge is -2.27. The summed E-state index contributed by atoms with van der Waals surface area (Å²) in [6, 6.07) is 10.8. The van der Waals surface area contributed by atoms with Crippen molar-refractivity contribution in [1.29, 1.82) is 0 Å². The number of ether oxygens (including phenoxy) is 1. The van der Waals surface area contributed by atoms with E-state index >= 15 is 0 Å². The molecule has 0 amide bonds. The number of nitrogens with zero attached hydrogens (tertiary/aromatic N) is 4. The molecule has 0 radical (unpaired) electrons. The molecule has 2 aliphatic heterocycles. The van der Waals surface area contributed by atoms with Gasteiger partial charge in [-0.3, -0.25) is 9.58 Å². The van der Waals surface area contributed by atoms with Crippen LogP contribution in [0.1, 0.15) is 28.8 Å². The van der Waals surface area contributed by atoms with Crippen LogP contribution in [0.3, 0.4) is 0 Å². The molecule has 5 rings (SSSR count). The summed E-state index contributed by atoms with van der Waals surface area (Å²) in [5, 5.41) is 6.42. The van der Waals surface area contributed by atoms with Crippen molar-refractivity contribution >= 4 is 44.8 Å². The highest BCUT2D eigenvalue weighted by Gasteiger charge is 2.30. The lowest BCUT2D eigenvalue weighted by Crippen LogP contribution is -2.37. The Morgan fingerprint density at radius 3 is 2.46 bits per heavy atom. The highest BCUT2D eigenvalue weighted by molar-refractivity contribution is 7.88. The van der Waals surface area contributed by atoms with Crippen LogP contribution in [0.15, 0.2) is 36.4 Å². The molecule has 0 aliphatic carbocycles. The number of benzene rings is 2. The number of halogens is 3. The Hall–Kier alpha value is -2.09. The lowest BCUT2D eigenvalue weighted by atomic mass is 10.0. The monoisotopic (exact) mass is 606 g/mol. The molecule has 0 saturated carbocycles. The van der Waals surface area contributed by atoms with Crippen LogP contribution in [0.4, 0.5) is 0 Å². The molecule has 3 heterocycles. The fourth-order valence-corrected chi connectivity index (χ4v) is 6.17. The van der Waals surface area contributed by atoms with E-state index in [0.717, 1.165) is 73.9 Å². The molecule has 0 atom stereocenters. The van der Waals surface area contributed by atoms with Gasteiger partial charge in [0.25, 0.3) is 0 Å². The van der Waals surface area contributed by atoms with Gasteiger partial charge in [0.05, 0.1) is 40.2 Å². The zero-order valence-corrected chi connectivity index (χ0v) is 24.7. The summed E-state index contributed by atoms with van der Waals surface area (Å²) in [7, 11) is -3.34. The van der Waals surface area contributed by atoms with Gasteiger partial charge in [0, 0.05) is 73.6 Å². The van der Waals surface area contributed by atoms with Crippen molar-refractivity contribution in [2.45, 2.75) is 25.9 Å². The van der Waals surface area contributed by atoms with E-state index in [1.807, 2.05) is 12.1 Å². The Bertz CT molecular complexity index is 1540. The minimum Gasteiger partial charge on any atom is -0.379 e. The average Bonchev–Trinajstić information content (AvgIpc) is 3.28. The molecule has 39 heavy (non-hydrogen) atoms. The van der Waals surface area contributed by atoms with Gasteiger partial charge in [-0.25, -0.2) is 8.42 Å². The number of sulfonamides is 1. The number of aromatic nitrogens is 2. The van der Waals surface area contributed by atoms with Gasteiger partial charge in [-0.1, -0.05) is 52.7 Å². The van der Waals surface area contributed by atoms with Crippen molar-refractivity contribution < 1.29 is 13.2 Å². The fourth-order valence-electron chi connectivity index (χ4n) is 4.92. The Morgan fingerprint density at radius 2 is 1.72 bits per heavy atom. The van der Waals surface area contributed by atoms with Crippen molar-refractivity contribution in [3.8, 4) is 23.1 Å². The normalized spacial score (nSPS) is 16.5. The standard InChI is InChI=1S/C28H29Cl3N4O3S/c1-39(36,37)34-12-9-27-23(19-34)28(32-35(27)11-2-10-33-13-15-38-16-14-33)22-6-8-24(29)21(18-22)5-3-20-4-7-25(30)26(31)17-20/h4,6-8,17-18H,2,9-16,19H2,1H3. The van der Waals surface area contributed by atoms with Gasteiger partial charge in [0.2, 0.25) is 10.0 Å². The highest BCUT2D eigenvalue weighted by atomic mass is 35.5. The van der Waals surface area contributed by atoms with Crippen LogP contribution in [0.2, 0.25) is 15.1 Å². The molecule has 0 bridgehead atoms. The van der Waals surface area contributed by atoms with Gasteiger partial charge in [0.15, 0.2) is 0 Å². The average molecular weight is 608 g/mol. The molecule has 2 aromatic carbocycles. The van der Waals surface area contributed by atoms with E-state index in [4.69, 9.17) is 44.6 Å². The maximum atomic E-state index is 12.4. The lowest BCUT2D eigenvalue weighted by molar-refractivity contribution is 0.0368. The van der Waals surface area contributed by atoms with Crippen LogP contribution in [0.25, 0.3) is 11.3 Å². The van der Waals surface area contributed by atoms with Gasteiger partial charge in [-0.15, -0.1) is 0 Å². The molecule has 1 fully saturated rings. The van der Waals surface area contributed by atoms with Crippen LogP contribution in [0, 0.1) is 11.8 Å². The third-order valence-electron chi connectivity index (χ3n) is 7.02. The number of hydrogen-bond donors (Lipinski definition) is 0. The second kappa shape index (κ2) is 12.2. The smallest absolute Gasteiger partial charge is 0.211 e. The van der Waals surface area contributed by atoms with E-state index < -0.39 is 10.0 Å². The summed E-state index contributed by atoms with van der Waals surface area (Å²) in [4.78, 5) is 2.41. The molecule has 1 aromatic heterocycles. The van der Waals surface area contributed by atoms with E-state index in [9.17, 15) is 8.42 Å².